The number of methoxy groups -OCH3 is 1. The minimum atomic E-state index is -1.44. The number of nitrogens with one attached hydrogen (secondary N) is 1. The van der Waals surface area contributed by atoms with Crippen molar-refractivity contribution in [2.24, 2.45) is 7.05 Å². The van der Waals surface area contributed by atoms with E-state index in [-0.39, 0.29) is 12.4 Å². The van der Waals surface area contributed by atoms with E-state index in [1.807, 2.05) is 25.1 Å². The lowest BCUT2D eigenvalue weighted by Crippen LogP contribution is -2.39. The first-order valence-electron chi connectivity index (χ1n) is 11.9. The number of piperidine rings is 1. The fraction of sp³-hybridized carbons (Fsp3) is 0.462. The summed E-state index contributed by atoms with van der Waals surface area (Å²) in [6.45, 7) is 4.53. The number of likely N-dealkylation sites (tertiary alicyclic amines) is 1. The molecule has 1 aromatic carbocycles. The maximum Gasteiger partial charge on any atom is 0.345 e. The van der Waals surface area contributed by atoms with Crippen LogP contribution in [0.25, 0.3) is 22.2 Å². The Kier molecular flexibility index (Phi) is 8.64. The van der Waals surface area contributed by atoms with Crippen molar-refractivity contribution in [1.29, 1.82) is 0 Å². The van der Waals surface area contributed by atoms with Crippen molar-refractivity contribution in [1.82, 2.24) is 14.5 Å². The Morgan fingerprint density at radius 1 is 1.26 bits per heavy atom. The van der Waals surface area contributed by atoms with Gasteiger partial charge in [0.2, 0.25) is 0 Å². The Hall–Kier alpha value is -2.81. The monoisotopic (exact) mass is 503 g/mol. The molecule has 0 amide bonds. The molecule has 1 saturated heterocycles. The van der Waals surface area contributed by atoms with Crippen molar-refractivity contribution >= 4 is 29.3 Å². The average molecular weight is 504 g/mol. The van der Waals surface area contributed by atoms with Crippen LogP contribution in [0.15, 0.2) is 29.1 Å². The van der Waals surface area contributed by atoms with Gasteiger partial charge in [-0.1, -0.05) is 19.4 Å². The number of pyridine rings is 1. The number of halogens is 1. The predicted octanol–water partition coefficient (Wildman–Crippen LogP) is 4.31. The van der Waals surface area contributed by atoms with Gasteiger partial charge < -0.3 is 24.5 Å². The van der Waals surface area contributed by atoms with Crippen molar-refractivity contribution in [3.63, 3.8) is 0 Å². The van der Waals surface area contributed by atoms with E-state index >= 15 is 0 Å². The summed E-state index contributed by atoms with van der Waals surface area (Å²) < 4.78 is 7.52. The topological polar surface area (TPSA) is 108 Å². The van der Waals surface area contributed by atoms with E-state index in [0.717, 1.165) is 42.6 Å². The second-order valence-electron chi connectivity index (χ2n) is 9.06. The van der Waals surface area contributed by atoms with Gasteiger partial charge in [-0.15, -0.1) is 12.4 Å². The molecule has 2 aromatic heterocycles. The van der Waals surface area contributed by atoms with Crippen LogP contribution in [0.5, 0.6) is 5.75 Å². The van der Waals surface area contributed by atoms with Crippen molar-refractivity contribution in [3.05, 3.63) is 51.4 Å². The highest BCUT2D eigenvalue weighted by atomic mass is 35.5. The lowest BCUT2D eigenvalue weighted by molar-refractivity contribution is 0.0691. The number of aromatic nitrogens is 2. The van der Waals surface area contributed by atoms with E-state index in [1.165, 1.54) is 25.0 Å². The number of aryl methyl sites for hydroxylation is 1. The smallest absolute Gasteiger partial charge is 0.345 e. The molecule has 1 fully saturated rings. The molecule has 0 saturated carbocycles. The van der Waals surface area contributed by atoms with Crippen LogP contribution >= 0.6 is 12.4 Å². The van der Waals surface area contributed by atoms with Gasteiger partial charge in [0.25, 0.3) is 5.56 Å². The van der Waals surface area contributed by atoms with Crippen LogP contribution in [0.3, 0.4) is 0 Å². The Morgan fingerprint density at radius 2 is 2.03 bits per heavy atom. The lowest BCUT2D eigenvalue weighted by atomic mass is 9.99. The number of aromatic hydroxyl groups is 1. The number of carboxylic acid groups (broad SMARTS) is 1. The zero-order valence-electron chi connectivity index (χ0n) is 20.5. The summed E-state index contributed by atoms with van der Waals surface area (Å²) in [4.78, 5) is 29.0. The molecule has 0 spiro atoms. The first-order chi connectivity index (χ1) is 16.3. The number of rotatable bonds is 8. The minimum absolute atomic E-state index is 0. The number of carboxylic acids is 1. The fourth-order valence-electron chi connectivity index (χ4n) is 5.19. The summed E-state index contributed by atoms with van der Waals surface area (Å²) >= 11 is 0. The van der Waals surface area contributed by atoms with E-state index in [4.69, 9.17) is 4.74 Å². The van der Waals surface area contributed by atoms with Gasteiger partial charge >= 0.3 is 5.97 Å². The maximum atomic E-state index is 12.4. The van der Waals surface area contributed by atoms with E-state index in [0.29, 0.717) is 23.7 Å². The summed E-state index contributed by atoms with van der Waals surface area (Å²) in [6, 6.07) is 8.60. The zero-order valence-corrected chi connectivity index (χ0v) is 21.3. The highest BCUT2D eigenvalue weighted by Crippen LogP contribution is 2.33. The molecule has 35 heavy (non-hydrogen) atoms. The molecule has 4 rings (SSSR count). The van der Waals surface area contributed by atoms with Gasteiger partial charge in [-0.25, -0.2) is 4.79 Å². The number of nitrogens with zero attached hydrogens (tertiary/aromatic N) is 2. The largest absolute Gasteiger partial charge is 0.506 e. The molecular formula is C26H34ClN3O5. The molecular weight excluding hydrogens is 470 g/mol. The molecule has 0 aliphatic carbocycles. The van der Waals surface area contributed by atoms with Crippen LogP contribution in [-0.4, -0.2) is 56.9 Å². The molecule has 0 bridgehead atoms. The van der Waals surface area contributed by atoms with E-state index in [2.05, 4.69) is 27.6 Å². The second kappa shape index (κ2) is 11.3. The van der Waals surface area contributed by atoms with Gasteiger partial charge in [0.15, 0.2) is 5.56 Å². The highest BCUT2D eigenvalue weighted by molar-refractivity contribution is 5.92. The van der Waals surface area contributed by atoms with Gasteiger partial charge in [-0.2, -0.15) is 0 Å². The Bertz CT molecular complexity index is 1270. The molecule has 8 nitrogen and oxygen atoms in total. The Balaban J connectivity index is 0.00000342. The number of hydrogen-bond donors (Lipinski definition) is 3. The van der Waals surface area contributed by atoms with Crippen LogP contribution in [0.2, 0.25) is 0 Å². The third-order valence-electron chi connectivity index (χ3n) is 7.06. The standard InChI is InChI=1S/C26H33N3O5.ClH/c1-4-20-23(27-25(31)22(24(20)30)26(32)33)16-8-9-21-17(13-16)14-19(28(21)2)15-29-11-6-5-7-18(29)10-12-34-3;/h8-9,13-14,18H,4-7,10-12,15H2,1-3H3,(H,32,33)(H2,27,30,31);1H. The molecule has 0 radical (unpaired) electrons. The Labute approximate surface area is 210 Å². The third kappa shape index (κ3) is 5.24. The first-order valence-corrected chi connectivity index (χ1v) is 11.9. The van der Waals surface area contributed by atoms with Gasteiger partial charge in [0, 0.05) is 55.5 Å². The number of aromatic amines is 1. The highest BCUT2D eigenvalue weighted by Gasteiger charge is 2.24. The molecule has 3 aromatic rings. The first kappa shape index (κ1) is 26.8. The Morgan fingerprint density at radius 3 is 2.71 bits per heavy atom. The van der Waals surface area contributed by atoms with Gasteiger partial charge in [0.05, 0.1) is 5.69 Å². The summed E-state index contributed by atoms with van der Waals surface area (Å²) in [7, 11) is 3.82. The van der Waals surface area contributed by atoms with Crippen molar-refractivity contribution < 1.29 is 19.7 Å². The number of benzene rings is 1. The normalized spacial score (nSPS) is 16.4. The van der Waals surface area contributed by atoms with Crippen molar-refractivity contribution in [2.45, 2.75) is 51.6 Å². The number of H-pyrrole nitrogens is 1. The van der Waals surface area contributed by atoms with E-state index < -0.39 is 22.8 Å². The molecule has 1 unspecified atom stereocenters. The predicted molar refractivity (Wildman–Crippen MR) is 139 cm³/mol. The van der Waals surface area contributed by atoms with Crippen LogP contribution < -0.4 is 5.56 Å². The summed E-state index contributed by atoms with van der Waals surface area (Å²) in [5.74, 6) is -1.90. The molecule has 1 aliphatic rings. The summed E-state index contributed by atoms with van der Waals surface area (Å²) in [6.07, 6.45) is 5.08. The van der Waals surface area contributed by atoms with Crippen molar-refractivity contribution in [2.75, 3.05) is 20.3 Å². The van der Waals surface area contributed by atoms with E-state index in [9.17, 15) is 19.8 Å². The van der Waals surface area contributed by atoms with Crippen LogP contribution in [0.4, 0.5) is 0 Å². The number of aromatic carboxylic acids is 1. The number of hydrogen-bond acceptors (Lipinski definition) is 5. The second-order valence-corrected chi connectivity index (χ2v) is 9.06. The SMILES string of the molecule is CCc1c(-c2ccc3c(c2)cc(CN2CCCCC2CCOC)n3C)[nH]c(=O)c(C(=O)O)c1O.Cl. The molecule has 190 valence electrons. The minimum Gasteiger partial charge on any atom is -0.506 e. The average Bonchev–Trinajstić information content (AvgIpc) is 3.12. The fourth-order valence-corrected chi connectivity index (χ4v) is 5.19. The molecule has 1 aliphatic heterocycles. The van der Waals surface area contributed by atoms with Crippen LogP contribution in [-0.2, 0) is 24.8 Å². The molecule has 3 heterocycles. The number of ether oxygens (including phenoxy) is 1. The quantitative estimate of drug-likeness (QED) is 0.422. The van der Waals surface area contributed by atoms with Crippen molar-refractivity contribution in [3.8, 4) is 17.0 Å². The molecule has 1 atom stereocenters. The molecule has 3 N–H and O–H groups in total. The van der Waals surface area contributed by atoms with Crippen LogP contribution in [0, 0.1) is 0 Å². The van der Waals surface area contributed by atoms with Crippen LogP contribution in [0.1, 0.15) is 54.2 Å². The van der Waals surface area contributed by atoms with Gasteiger partial charge in [0.1, 0.15) is 5.75 Å². The number of carbonyl (C=O) groups is 1. The zero-order chi connectivity index (χ0) is 24.4. The third-order valence-corrected chi connectivity index (χ3v) is 7.06. The summed E-state index contributed by atoms with van der Waals surface area (Å²) in [5.41, 5.74) is 2.48. The van der Waals surface area contributed by atoms with E-state index in [1.54, 1.807) is 7.11 Å². The lowest BCUT2D eigenvalue weighted by Gasteiger charge is -2.35. The van der Waals surface area contributed by atoms with Gasteiger partial charge in [-0.3, -0.25) is 9.69 Å². The number of fused-ring (bicyclic) bond motifs is 1. The maximum absolute atomic E-state index is 12.4. The summed E-state index contributed by atoms with van der Waals surface area (Å²) in [5, 5.41) is 20.8. The molecule has 9 heteroatoms. The van der Waals surface area contributed by atoms with Gasteiger partial charge in [-0.05, 0) is 56.0 Å².